The van der Waals surface area contributed by atoms with Crippen molar-refractivity contribution in [3.8, 4) is 11.3 Å². The standard InChI is InChI=1S/C24H24N4O2/c29-20-15-17(24(30)28-12-4-5-13-28)14-19-21(20)23(26-18-6-2-1-3-7-18)22(27-19)16-8-10-25-11-9-16/h1-3,6-11,17,26-27H,4-5,12-15H2. The van der Waals surface area contributed by atoms with Crippen LogP contribution in [0.1, 0.15) is 35.3 Å². The maximum atomic E-state index is 13.2. The summed E-state index contributed by atoms with van der Waals surface area (Å²) in [5, 5.41) is 3.44. The number of likely N-dealkylation sites (tertiary alicyclic amines) is 1. The summed E-state index contributed by atoms with van der Waals surface area (Å²) in [5.74, 6) is -0.149. The van der Waals surface area contributed by atoms with Gasteiger partial charge in [0.2, 0.25) is 5.91 Å². The van der Waals surface area contributed by atoms with Gasteiger partial charge >= 0.3 is 0 Å². The van der Waals surface area contributed by atoms with Gasteiger partial charge in [0.05, 0.1) is 22.9 Å². The number of anilines is 2. The van der Waals surface area contributed by atoms with Crippen LogP contribution in [0.15, 0.2) is 54.9 Å². The number of hydrogen-bond donors (Lipinski definition) is 2. The van der Waals surface area contributed by atoms with Gasteiger partial charge in [-0.3, -0.25) is 14.6 Å². The van der Waals surface area contributed by atoms with E-state index in [4.69, 9.17) is 0 Å². The molecule has 1 unspecified atom stereocenters. The Morgan fingerprint density at radius 3 is 2.50 bits per heavy atom. The molecule has 1 aromatic carbocycles. The normalized spacial score (nSPS) is 18.3. The van der Waals surface area contributed by atoms with Crippen LogP contribution in [-0.4, -0.2) is 39.6 Å². The van der Waals surface area contributed by atoms with E-state index < -0.39 is 0 Å². The van der Waals surface area contributed by atoms with Gasteiger partial charge in [0.15, 0.2) is 5.78 Å². The Morgan fingerprint density at radius 1 is 1.03 bits per heavy atom. The lowest BCUT2D eigenvalue weighted by molar-refractivity contribution is -0.134. The number of para-hydroxylation sites is 1. The van der Waals surface area contributed by atoms with Gasteiger partial charge in [-0.05, 0) is 37.1 Å². The molecule has 1 saturated heterocycles. The van der Waals surface area contributed by atoms with E-state index in [-0.39, 0.29) is 24.0 Å². The smallest absolute Gasteiger partial charge is 0.226 e. The summed E-state index contributed by atoms with van der Waals surface area (Å²) >= 11 is 0. The van der Waals surface area contributed by atoms with Gasteiger partial charge in [0.1, 0.15) is 0 Å². The number of pyridine rings is 1. The fourth-order valence-electron chi connectivity index (χ4n) is 4.55. The van der Waals surface area contributed by atoms with E-state index in [2.05, 4.69) is 15.3 Å². The Hall–Kier alpha value is -3.41. The molecular formula is C24H24N4O2. The highest BCUT2D eigenvalue weighted by molar-refractivity contribution is 6.09. The van der Waals surface area contributed by atoms with Gasteiger partial charge in [-0.1, -0.05) is 18.2 Å². The Kier molecular flexibility index (Phi) is 4.83. The molecule has 2 aliphatic rings. The number of aromatic nitrogens is 2. The molecule has 1 aliphatic carbocycles. The van der Waals surface area contributed by atoms with Crippen LogP contribution in [0.2, 0.25) is 0 Å². The zero-order valence-electron chi connectivity index (χ0n) is 16.7. The number of hydrogen-bond acceptors (Lipinski definition) is 4. The summed E-state index contributed by atoms with van der Waals surface area (Å²) in [4.78, 5) is 35.7. The van der Waals surface area contributed by atoms with E-state index in [1.807, 2.05) is 47.4 Å². The van der Waals surface area contributed by atoms with Crippen LogP contribution in [-0.2, 0) is 11.2 Å². The third-order valence-corrected chi connectivity index (χ3v) is 6.02. The molecule has 0 bridgehead atoms. The highest BCUT2D eigenvalue weighted by Crippen LogP contribution is 2.40. The van der Waals surface area contributed by atoms with Crippen LogP contribution >= 0.6 is 0 Å². The van der Waals surface area contributed by atoms with Crippen LogP contribution in [0.4, 0.5) is 11.4 Å². The molecule has 2 aromatic heterocycles. The molecule has 3 heterocycles. The number of amides is 1. The highest BCUT2D eigenvalue weighted by Gasteiger charge is 2.37. The third kappa shape index (κ3) is 3.38. The van der Waals surface area contributed by atoms with Crippen LogP contribution < -0.4 is 5.32 Å². The van der Waals surface area contributed by atoms with Gasteiger partial charge in [0, 0.05) is 55.3 Å². The minimum absolute atomic E-state index is 0.0174. The molecule has 1 fully saturated rings. The minimum Gasteiger partial charge on any atom is -0.356 e. The number of ketones is 1. The molecular weight excluding hydrogens is 376 g/mol. The minimum atomic E-state index is -0.281. The number of nitrogens with zero attached hydrogens (tertiary/aromatic N) is 2. The third-order valence-electron chi connectivity index (χ3n) is 6.02. The maximum Gasteiger partial charge on any atom is 0.226 e. The molecule has 0 saturated carbocycles. The van der Waals surface area contributed by atoms with E-state index in [1.165, 1.54) is 0 Å². The number of benzene rings is 1. The van der Waals surface area contributed by atoms with E-state index in [1.54, 1.807) is 12.4 Å². The molecule has 2 N–H and O–H groups in total. The lowest BCUT2D eigenvalue weighted by atomic mass is 9.85. The SMILES string of the molecule is O=C1CC(C(=O)N2CCCC2)Cc2[nH]c(-c3ccncc3)c(Nc3ccccc3)c21. The second-order valence-corrected chi connectivity index (χ2v) is 8.02. The molecule has 6 nitrogen and oxygen atoms in total. The molecule has 1 aliphatic heterocycles. The predicted molar refractivity (Wildman–Crippen MR) is 116 cm³/mol. The first-order valence-electron chi connectivity index (χ1n) is 10.5. The Morgan fingerprint density at radius 2 is 1.77 bits per heavy atom. The van der Waals surface area contributed by atoms with Crippen LogP contribution in [0.25, 0.3) is 11.3 Å². The molecule has 3 aromatic rings. The molecule has 30 heavy (non-hydrogen) atoms. The fourth-order valence-corrected chi connectivity index (χ4v) is 4.55. The average Bonchev–Trinajstić information content (AvgIpc) is 3.43. The monoisotopic (exact) mass is 400 g/mol. The number of carbonyl (C=O) groups excluding carboxylic acids is 2. The van der Waals surface area contributed by atoms with Crippen molar-refractivity contribution in [1.29, 1.82) is 0 Å². The van der Waals surface area contributed by atoms with Crippen LogP contribution in [0.5, 0.6) is 0 Å². The fraction of sp³-hybridized carbons (Fsp3) is 0.292. The molecule has 0 radical (unpaired) electrons. The van der Waals surface area contributed by atoms with E-state index in [9.17, 15) is 9.59 Å². The topological polar surface area (TPSA) is 78.1 Å². The number of aromatic amines is 1. The van der Waals surface area contributed by atoms with Gasteiger partial charge in [-0.25, -0.2) is 0 Å². The zero-order chi connectivity index (χ0) is 20.5. The van der Waals surface area contributed by atoms with Gasteiger partial charge < -0.3 is 15.2 Å². The van der Waals surface area contributed by atoms with Crippen molar-refractivity contribution in [2.24, 2.45) is 5.92 Å². The lowest BCUT2D eigenvalue weighted by Gasteiger charge is -2.26. The van der Waals surface area contributed by atoms with Crippen molar-refractivity contribution < 1.29 is 9.59 Å². The summed E-state index contributed by atoms with van der Waals surface area (Å²) in [7, 11) is 0. The van der Waals surface area contributed by atoms with Crippen molar-refractivity contribution >= 4 is 23.1 Å². The van der Waals surface area contributed by atoms with Crippen molar-refractivity contribution in [1.82, 2.24) is 14.9 Å². The number of nitrogens with one attached hydrogen (secondary N) is 2. The van der Waals surface area contributed by atoms with Crippen molar-refractivity contribution in [3.63, 3.8) is 0 Å². The molecule has 5 rings (SSSR count). The molecule has 1 amide bonds. The van der Waals surface area contributed by atoms with Crippen LogP contribution in [0.3, 0.4) is 0 Å². The first kappa shape index (κ1) is 18.6. The van der Waals surface area contributed by atoms with Crippen molar-refractivity contribution in [2.45, 2.75) is 25.7 Å². The van der Waals surface area contributed by atoms with E-state index in [0.717, 1.165) is 54.3 Å². The Balaban J connectivity index is 1.54. The second kappa shape index (κ2) is 7.78. The largest absolute Gasteiger partial charge is 0.356 e. The maximum absolute atomic E-state index is 13.2. The first-order chi connectivity index (χ1) is 14.7. The summed E-state index contributed by atoms with van der Waals surface area (Å²) in [6, 6.07) is 13.7. The molecule has 1 atom stereocenters. The number of H-pyrrole nitrogens is 1. The summed E-state index contributed by atoms with van der Waals surface area (Å²) in [6.45, 7) is 1.62. The Bertz CT molecular complexity index is 1070. The number of Topliss-reactive ketones (excluding diaryl/α,β-unsaturated/α-hetero) is 1. The first-order valence-corrected chi connectivity index (χ1v) is 10.5. The van der Waals surface area contributed by atoms with Crippen LogP contribution in [0, 0.1) is 5.92 Å². The lowest BCUT2D eigenvalue weighted by Crippen LogP contribution is -2.37. The second-order valence-electron chi connectivity index (χ2n) is 8.02. The van der Waals surface area contributed by atoms with E-state index in [0.29, 0.717) is 12.0 Å². The summed E-state index contributed by atoms with van der Waals surface area (Å²) in [5.41, 5.74) is 5.02. The van der Waals surface area contributed by atoms with Crippen molar-refractivity contribution in [3.05, 3.63) is 66.1 Å². The molecule has 6 heteroatoms. The van der Waals surface area contributed by atoms with Gasteiger partial charge in [-0.15, -0.1) is 0 Å². The predicted octanol–water partition coefficient (Wildman–Crippen LogP) is 4.19. The average molecular weight is 400 g/mol. The summed E-state index contributed by atoms with van der Waals surface area (Å²) < 4.78 is 0. The highest BCUT2D eigenvalue weighted by atomic mass is 16.2. The van der Waals surface area contributed by atoms with Crippen molar-refractivity contribution in [2.75, 3.05) is 18.4 Å². The molecule has 0 spiro atoms. The zero-order valence-corrected chi connectivity index (χ0v) is 16.7. The molecule has 152 valence electrons. The van der Waals surface area contributed by atoms with E-state index >= 15 is 0 Å². The number of rotatable bonds is 4. The number of fused-ring (bicyclic) bond motifs is 1. The Labute approximate surface area is 175 Å². The number of carbonyl (C=O) groups is 2. The quantitative estimate of drug-likeness (QED) is 0.688. The van der Waals surface area contributed by atoms with Gasteiger partial charge in [-0.2, -0.15) is 0 Å². The summed E-state index contributed by atoms with van der Waals surface area (Å²) in [6.07, 6.45) is 6.41. The van der Waals surface area contributed by atoms with Gasteiger partial charge in [0.25, 0.3) is 0 Å².